The van der Waals surface area contributed by atoms with Crippen molar-refractivity contribution < 1.29 is 4.39 Å². The number of thiophene rings is 1. The molecular weight excluding hydrogens is 259 g/mol. The molecular formula is C15H19FN2S. The lowest BCUT2D eigenvalue weighted by Gasteiger charge is -2.20. The maximum Gasteiger partial charge on any atom is 0.141 e. The number of aryl methyl sites for hydroxylation is 2. The number of nitrogens with zero attached hydrogens (tertiary/aromatic N) is 1. The van der Waals surface area contributed by atoms with E-state index in [9.17, 15) is 4.39 Å². The Morgan fingerprint density at radius 2 is 1.89 bits per heavy atom. The highest BCUT2D eigenvalue weighted by molar-refractivity contribution is 7.12. The van der Waals surface area contributed by atoms with Crippen LogP contribution < -0.4 is 5.32 Å². The van der Waals surface area contributed by atoms with E-state index in [0.29, 0.717) is 0 Å². The van der Waals surface area contributed by atoms with E-state index in [1.54, 1.807) is 6.20 Å². The largest absolute Gasteiger partial charge is 0.304 e. The summed E-state index contributed by atoms with van der Waals surface area (Å²) >= 11 is 1.81. The summed E-state index contributed by atoms with van der Waals surface area (Å²) in [5.41, 5.74) is 2.19. The van der Waals surface area contributed by atoms with Gasteiger partial charge in [0, 0.05) is 28.0 Å². The van der Waals surface area contributed by atoms with Crippen LogP contribution in [0.5, 0.6) is 0 Å². The van der Waals surface area contributed by atoms with Gasteiger partial charge in [-0.2, -0.15) is 0 Å². The van der Waals surface area contributed by atoms with Gasteiger partial charge in [0.15, 0.2) is 0 Å². The number of halogens is 1. The van der Waals surface area contributed by atoms with Gasteiger partial charge in [-0.25, -0.2) is 4.39 Å². The molecule has 0 bridgehead atoms. The number of hydrogen-bond acceptors (Lipinski definition) is 3. The Kier molecular flexibility index (Phi) is 4.32. The number of rotatable bonds is 4. The molecule has 0 aliphatic heterocycles. The molecule has 0 saturated heterocycles. The van der Waals surface area contributed by atoms with Crippen molar-refractivity contribution in [1.82, 2.24) is 10.3 Å². The van der Waals surface area contributed by atoms with Crippen LogP contribution >= 0.6 is 11.3 Å². The monoisotopic (exact) mass is 278 g/mol. The first kappa shape index (κ1) is 14.2. The van der Waals surface area contributed by atoms with Crippen LogP contribution in [0.2, 0.25) is 0 Å². The van der Waals surface area contributed by atoms with E-state index in [-0.39, 0.29) is 17.9 Å². The quantitative estimate of drug-likeness (QED) is 0.901. The van der Waals surface area contributed by atoms with Crippen LogP contribution in [-0.2, 0) is 0 Å². The van der Waals surface area contributed by atoms with Crippen LogP contribution in [0.1, 0.15) is 46.8 Å². The van der Waals surface area contributed by atoms with E-state index in [1.165, 1.54) is 27.6 Å². The summed E-state index contributed by atoms with van der Waals surface area (Å²) in [5, 5.41) is 3.49. The first-order valence-electron chi connectivity index (χ1n) is 6.41. The lowest BCUT2D eigenvalue weighted by atomic mass is 10.1. The Bertz CT molecular complexity index is 565. The SMILES string of the molecule is Cc1cc(C(C)NC(C)c2cncc(F)c2)c(C)s1. The molecule has 2 nitrogen and oxygen atoms in total. The minimum atomic E-state index is -0.290. The molecule has 0 spiro atoms. The lowest BCUT2D eigenvalue weighted by Crippen LogP contribution is -2.22. The Balaban J connectivity index is 2.10. The Hall–Kier alpha value is -1.26. The molecule has 0 radical (unpaired) electrons. The summed E-state index contributed by atoms with van der Waals surface area (Å²) in [4.78, 5) is 6.55. The van der Waals surface area contributed by atoms with Crippen molar-refractivity contribution in [2.24, 2.45) is 0 Å². The van der Waals surface area contributed by atoms with Crippen LogP contribution in [-0.4, -0.2) is 4.98 Å². The minimum Gasteiger partial charge on any atom is -0.304 e. The van der Waals surface area contributed by atoms with Crippen molar-refractivity contribution in [3.05, 3.63) is 51.2 Å². The zero-order valence-electron chi connectivity index (χ0n) is 11.7. The molecule has 0 aliphatic rings. The zero-order valence-corrected chi connectivity index (χ0v) is 12.5. The van der Waals surface area contributed by atoms with Gasteiger partial charge in [0.2, 0.25) is 0 Å². The van der Waals surface area contributed by atoms with Crippen molar-refractivity contribution in [2.45, 2.75) is 39.8 Å². The van der Waals surface area contributed by atoms with Gasteiger partial charge in [-0.15, -0.1) is 11.3 Å². The van der Waals surface area contributed by atoms with Crippen molar-refractivity contribution in [3.63, 3.8) is 0 Å². The fourth-order valence-corrected chi connectivity index (χ4v) is 3.33. The van der Waals surface area contributed by atoms with Crippen LogP contribution in [0.25, 0.3) is 0 Å². The molecule has 2 atom stereocenters. The average molecular weight is 278 g/mol. The van der Waals surface area contributed by atoms with E-state index < -0.39 is 0 Å². The molecule has 2 unspecified atom stereocenters. The predicted octanol–water partition coefficient (Wildman–Crippen LogP) is 4.31. The van der Waals surface area contributed by atoms with Gasteiger partial charge in [-0.3, -0.25) is 4.98 Å². The third-order valence-electron chi connectivity index (χ3n) is 3.27. The summed E-state index contributed by atoms with van der Waals surface area (Å²) in [7, 11) is 0. The summed E-state index contributed by atoms with van der Waals surface area (Å²) in [6, 6.07) is 4.05. The molecule has 2 heterocycles. The Morgan fingerprint density at radius 3 is 2.47 bits per heavy atom. The van der Waals surface area contributed by atoms with Gasteiger partial charge in [0.05, 0.1) is 6.20 Å². The molecule has 0 fully saturated rings. The molecule has 19 heavy (non-hydrogen) atoms. The highest BCUT2D eigenvalue weighted by Crippen LogP contribution is 2.28. The second-order valence-electron chi connectivity index (χ2n) is 4.92. The molecule has 2 aromatic heterocycles. The fourth-order valence-electron chi connectivity index (χ4n) is 2.31. The Morgan fingerprint density at radius 1 is 1.16 bits per heavy atom. The third kappa shape index (κ3) is 3.39. The molecule has 102 valence electrons. The van der Waals surface area contributed by atoms with Gasteiger partial charge >= 0.3 is 0 Å². The third-order valence-corrected chi connectivity index (χ3v) is 4.25. The molecule has 0 aromatic carbocycles. The highest BCUT2D eigenvalue weighted by Gasteiger charge is 2.15. The molecule has 0 aliphatic carbocycles. The van der Waals surface area contributed by atoms with Crippen molar-refractivity contribution >= 4 is 11.3 Å². The van der Waals surface area contributed by atoms with E-state index in [2.05, 4.69) is 37.1 Å². The van der Waals surface area contributed by atoms with Crippen molar-refractivity contribution in [2.75, 3.05) is 0 Å². The standard InChI is InChI=1S/C15H19FN2S/c1-9-5-15(12(4)19-9)11(3)18-10(2)13-6-14(16)8-17-7-13/h5-8,10-11,18H,1-4H3. The zero-order chi connectivity index (χ0) is 14.0. The van der Waals surface area contributed by atoms with Crippen LogP contribution in [0, 0.1) is 19.7 Å². The first-order chi connectivity index (χ1) is 8.97. The second-order valence-corrected chi connectivity index (χ2v) is 6.38. The number of nitrogens with one attached hydrogen (secondary N) is 1. The molecule has 2 rings (SSSR count). The number of hydrogen-bond donors (Lipinski definition) is 1. The van der Waals surface area contributed by atoms with E-state index in [4.69, 9.17) is 0 Å². The van der Waals surface area contributed by atoms with Crippen molar-refractivity contribution in [3.8, 4) is 0 Å². The fraction of sp³-hybridized carbons (Fsp3) is 0.400. The summed E-state index contributed by atoms with van der Waals surface area (Å²) in [6.45, 7) is 8.42. The van der Waals surface area contributed by atoms with Gasteiger partial charge in [0.1, 0.15) is 5.82 Å². The lowest BCUT2D eigenvalue weighted by molar-refractivity contribution is 0.490. The first-order valence-corrected chi connectivity index (χ1v) is 7.22. The molecule has 0 saturated carbocycles. The van der Waals surface area contributed by atoms with Gasteiger partial charge in [0.25, 0.3) is 0 Å². The normalized spacial score (nSPS) is 14.4. The predicted molar refractivity (Wildman–Crippen MR) is 78.0 cm³/mol. The topological polar surface area (TPSA) is 24.9 Å². The molecule has 2 aromatic rings. The molecule has 4 heteroatoms. The van der Waals surface area contributed by atoms with E-state index in [1.807, 2.05) is 18.3 Å². The maximum absolute atomic E-state index is 13.2. The van der Waals surface area contributed by atoms with E-state index >= 15 is 0 Å². The maximum atomic E-state index is 13.2. The smallest absolute Gasteiger partial charge is 0.141 e. The minimum absolute atomic E-state index is 0.0674. The van der Waals surface area contributed by atoms with Crippen molar-refractivity contribution in [1.29, 1.82) is 0 Å². The summed E-state index contributed by atoms with van der Waals surface area (Å²) in [6.07, 6.45) is 2.94. The second kappa shape index (κ2) is 5.80. The Labute approximate surface area is 117 Å². The van der Waals surface area contributed by atoms with Gasteiger partial charge in [-0.1, -0.05) is 0 Å². The number of pyridine rings is 1. The molecule has 1 N–H and O–H groups in total. The summed E-state index contributed by atoms with van der Waals surface area (Å²) < 4.78 is 13.2. The highest BCUT2D eigenvalue weighted by atomic mass is 32.1. The van der Waals surface area contributed by atoms with Crippen LogP contribution in [0.4, 0.5) is 4.39 Å². The van der Waals surface area contributed by atoms with E-state index in [0.717, 1.165) is 5.56 Å². The van der Waals surface area contributed by atoms with Gasteiger partial charge in [-0.05, 0) is 51.0 Å². The molecule has 0 amide bonds. The average Bonchev–Trinajstić information content (AvgIpc) is 2.68. The summed E-state index contributed by atoms with van der Waals surface area (Å²) in [5.74, 6) is -0.290. The van der Waals surface area contributed by atoms with Crippen LogP contribution in [0.15, 0.2) is 24.5 Å². The number of aromatic nitrogens is 1. The van der Waals surface area contributed by atoms with Gasteiger partial charge < -0.3 is 5.32 Å². The van der Waals surface area contributed by atoms with Crippen LogP contribution in [0.3, 0.4) is 0 Å².